The summed E-state index contributed by atoms with van der Waals surface area (Å²) < 4.78 is 0. The number of aliphatic carboxylic acids is 1. The third-order valence-corrected chi connectivity index (χ3v) is 3.12. The van der Waals surface area contributed by atoms with Gasteiger partial charge in [-0.2, -0.15) is 0 Å². The van der Waals surface area contributed by atoms with Crippen molar-refractivity contribution >= 4 is 17.8 Å². The van der Waals surface area contributed by atoms with Gasteiger partial charge in [-0.25, -0.2) is 9.97 Å². The number of carbonyl (C=O) groups is 2. The Balaban J connectivity index is 1.89. The van der Waals surface area contributed by atoms with E-state index in [0.29, 0.717) is 24.6 Å². The highest BCUT2D eigenvalue weighted by molar-refractivity contribution is 5.92. The average molecular weight is 278 g/mol. The molecule has 2 heterocycles. The first kappa shape index (κ1) is 14.2. The predicted octanol–water partition coefficient (Wildman–Crippen LogP) is 0.671. The highest BCUT2D eigenvalue weighted by Crippen LogP contribution is 2.15. The Bertz CT molecular complexity index is 486. The van der Waals surface area contributed by atoms with Crippen LogP contribution >= 0.6 is 0 Å². The summed E-state index contributed by atoms with van der Waals surface area (Å²) in [6, 6.07) is 1.56. The number of hydrogen-bond acceptors (Lipinski definition) is 5. The lowest BCUT2D eigenvalue weighted by atomic mass is 10.3. The molecule has 20 heavy (non-hydrogen) atoms. The van der Waals surface area contributed by atoms with Gasteiger partial charge in [-0.3, -0.25) is 9.59 Å². The van der Waals surface area contributed by atoms with Crippen molar-refractivity contribution in [2.45, 2.75) is 25.7 Å². The van der Waals surface area contributed by atoms with Crippen molar-refractivity contribution < 1.29 is 14.7 Å². The van der Waals surface area contributed by atoms with E-state index in [4.69, 9.17) is 5.11 Å². The molecule has 1 aliphatic rings. The van der Waals surface area contributed by atoms with Crippen molar-refractivity contribution in [2.24, 2.45) is 0 Å². The van der Waals surface area contributed by atoms with Gasteiger partial charge in [0.2, 0.25) is 5.95 Å². The topological polar surface area (TPSA) is 95.4 Å². The van der Waals surface area contributed by atoms with Gasteiger partial charge in [0.05, 0.1) is 0 Å². The van der Waals surface area contributed by atoms with Gasteiger partial charge in [0.15, 0.2) is 0 Å². The molecule has 0 atom stereocenters. The number of carboxylic acid groups (broad SMARTS) is 1. The number of amides is 1. The third-order valence-electron chi connectivity index (χ3n) is 3.12. The number of carboxylic acids is 1. The molecule has 7 nitrogen and oxygen atoms in total. The number of rotatable bonds is 6. The normalized spacial score (nSPS) is 14.3. The van der Waals surface area contributed by atoms with Crippen molar-refractivity contribution in [3.05, 3.63) is 18.0 Å². The van der Waals surface area contributed by atoms with Crippen LogP contribution in [0.3, 0.4) is 0 Å². The number of carbonyl (C=O) groups excluding carboxylic acids is 1. The molecule has 7 heteroatoms. The molecule has 1 aromatic rings. The van der Waals surface area contributed by atoms with E-state index in [1.807, 2.05) is 0 Å². The molecule has 2 N–H and O–H groups in total. The van der Waals surface area contributed by atoms with Crippen LogP contribution in [-0.4, -0.2) is 46.6 Å². The second-order valence-electron chi connectivity index (χ2n) is 4.69. The van der Waals surface area contributed by atoms with Gasteiger partial charge in [0.1, 0.15) is 5.69 Å². The molecular weight excluding hydrogens is 260 g/mol. The number of hydrogen-bond donors (Lipinski definition) is 2. The van der Waals surface area contributed by atoms with Crippen LogP contribution in [0, 0.1) is 0 Å². The summed E-state index contributed by atoms with van der Waals surface area (Å²) in [4.78, 5) is 32.7. The fourth-order valence-corrected chi connectivity index (χ4v) is 2.08. The second kappa shape index (κ2) is 6.83. The van der Waals surface area contributed by atoms with Crippen molar-refractivity contribution in [1.29, 1.82) is 0 Å². The molecule has 0 unspecified atom stereocenters. The largest absolute Gasteiger partial charge is 0.481 e. The molecule has 1 aliphatic heterocycles. The van der Waals surface area contributed by atoms with Crippen LogP contribution in [0.25, 0.3) is 0 Å². The molecule has 0 aromatic carbocycles. The van der Waals surface area contributed by atoms with Gasteiger partial charge in [-0.05, 0) is 25.3 Å². The Labute approximate surface area is 117 Å². The second-order valence-corrected chi connectivity index (χ2v) is 4.69. The maximum Gasteiger partial charge on any atom is 0.303 e. The van der Waals surface area contributed by atoms with Crippen LogP contribution in [0.15, 0.2) is 12.3 Å². The highest BCUT2D eigenvalue weighted by Gasteiger charge is 2.16. The van der Waals surface area contributed by atoms with E-state index in [1.165, 1.54) is 0 Å². The molecule has 0 aliphatic carbocycles. The molecule has 1 aromatic heterocycles. The minimum atomic E-state index is -0.863. The molecule has 1 amide bonds. The molecule has 0 spiro atoms. The Hall–Kier alpha value is -2.18. The summed E-state index contributed by atoms with van der Waals surface area (Å²) in [5.41, 5.74) is 0.317. The van der Waals surface area contributed by atoms with Crippen molar-refractivity contribution in [3.63, 3.8) is 0 Å². The first-order valence-corrected chi connectivity index (χ1v) is 6.75. The molecular formula is C13H18N4O3. The van der Waals surface area contributed by atoms with E-state index in [-0.39, 0.29) is 12.3 Å². The lowest BCUT2D eigenvalue weighted by Gasteiger charge is -2.15. The van der Waals surface area contributed by atoms with Gasteiger partial charge in [0.25, 0.3) is 5.91 Å². The van der Waals surface area contributed by atoms with E-state index in [1.54, 1.807) is 12.3 Å². The fraction of sp³-hybridized carbons (Fsp3) is 0.538. The SMILES string of the molecule is O=C(O)CCCNC(=O)c1ccnc(N2CCCC2)n1. The van der Waals surface area contributed by atoms with Crippen LogP contribution in [0.4, 0.5) is 5.95 Å². The highest BCUT2D eigenvalue weighted by atomic mass is 16.4. The summed E-state index contributed by atoms with van der Waals surface area (Å²) in [5, 5.41) is 11.2. The average Bonchev–Trinajstić information content (AvgIpc) is 2.97. The summed E-state index contributed by atoms with van der Waals surface area (Å²) in [6.45, 7) is 2.17. The fourth-order valence-electron chi connectivity index (χ4n) is 2.08. The Kier molecular flexibility index (Phi) is 4.86. The van der Waals surface area contributed by atoms with Crippen molar-refractivity contribution in [2.75, 3.05) is 24.5 Å². The van der Waals surface area contributed by atoms with E-state index >= 15 is 0 Å². The monoisotopic (exact) mass is 278 g/mol. The standard InChI is InChI=1S/C13H18N4O3/c18-11(19)4-3-6-14-12(20)10-5-7-15-13(16-10)17-8-1-2-9-17/h5,7H,1-4,6,8-9H2,(H,14,20)(H,18,19). The molecule has 108 valence electrons. The van der Waals surface area contributed by atoms with Crippen molar-refractivity contribution in [1.82, 2.24) is 15.3 Å². The lowest BCUT2D eigenvalue weighted by Crippen LogP contribution is -2.27. The van der Waals surface area contributed by atoms with Gasteiger partial charge in [-0.15, -0.1) is 0 Å². The van der Waals surface area contributed by atoms with E-state index < -0.39 is 5.97 Å². The molecule has 0 bridgehead atoms. The Morgan fingerprint density at radius 3 is 2.80 bits per heavy atom. The van der Waals surface area contributed by atoms with E-state index in [2.05, 4.69) is 20.2 Å². The van der Waals surface area contributed by atoms with E-state index in [0.717, 1.165) is 25.9 Å². The van der Waals surface area contributed by atoms with Crippen LogP contribution in [0.1, 0.15) is 36.2 Å². The smallest absolute Gasteiger partial charge is 0.303 e. The summed E-state index contributed by atoms with van der Waals surface area (Å²) in [5.74, 6) is -0.573. The zero-order chi connectivity index (χ0) is 14.4. The van der Waals surface area contributed by atoms with Gasteiger partial charge in [0, 0.05) is 32.3 Å². The lowest BCUT2D eigenvalue weighted by molar-refractivity contribution is -0.137. The van der Waals surface area contributed by atoms with Gasteiger partial charge in [-0.1, -0.05) is 0 Å². The molecule has 0 radical (unpaired) electrons. The minimum absolute atomic E-state index is 0.0447. The summed E-state index contributed by atoms with van der Waals surface area (Å²) in [7, 11) is 0. The number of nitrogens with zero attached hydrogens (tertiary/aromatic N) is 3. The molecule has 1 fully saturated rings. The first-order valence-electron chi connectivity index (χ1n) is 6.75. The van der Waals surface area contributed by atoms with Gasteiger partial charge < -0.3 is 15.3 Å². The molecule has 2 rings (SSSR count). The number of anilines is 1. The maximum absolute atomic E-state index is 11.9. The quantitative estimate of drug-likeness (QED) is 0.743. The number of nitrogens with one attached hydrogen (secondary N) is 1. The van der Waals surface area contributed by atoms with Crippen LogP contribution in [0.5, 0.6) is 0 Å². The third kappa shape index (κ3) is 3.91. The zero-order valence-electron chi connectivity index (χ0n) is 11.2. The molecule has 0 saturated carbocycles. The van der Waals surface area contributed by atoms with Crippen LogP contribution in [0.2, 0.25) is 0 Å². The predicted molar refractivity (Wildman–Crippen MR) is 72.7 cm³/mol. The van der Waals surface area contributed by atoms with E-state index in [9.17, 15) is 9.59 Å². The Morgan fingerprint density at radius 2 is 2.10 bits per heavy atom. The van der Waals surface area contributed by atoms with Crippen LogP contribution in [-0.2, 0) is 4.79 Å². The van der Waals surface area contributed by atoms with Crippen LogP contribution < -0.4 is 10.2 Å². The Morgan fingerprint density at radius 1 is 1.35 bits per heavy atom. The minimum Gasteiger partial charge on any atom is -0.481 e. The summed E-state index contributed by atoms with van der Waals surface area (Å²) >= 11 is 0. The van der Waals surface area contributed by atoms with Crippen molar-refractivity contribution in [3.8, 4) is 0 Å². The maximum atomic E-state index is 11.9. The first-order chi connectivity index (χ1) is 9.66. The summed E-state index contributed by atoms with van der Waals surface area (Å²) in [6.07, 6.45) is 4.27. The van der Waals surface area contributed by atoms with Gasteiger partial charge >= 0.3 is 5.97 Å². The zero-order valence-corrected chi connectivity index (χ0v) is 11.2. The number of aromatic nitrogens is 2. The molecule has 1 saturated heterocycles.